The van der Waals surface area contributed by atoms with Gasteiger partial charge >= 0.3 is 23.6 Å². The van der Waals surface area contributed by atoms with Crippen molar-refractivity contribution in [3.63, 3.8) is 0 Å². The third-order valence-corrected chi connectivity index (χ3v) is 4.31. The number of hydrogen-bond acceptors (Lipinski definition) is 5. The highest BCUT2D eigenvalue weighted by molar-refractivity contribution is 7.81. The molecular formula is C15H18F8O4S. The van der Waals surface area contributed by atoms with Crippen molar-refractivity contribution >= 4 is 18.6 Å². The van der Waals surface area contributed by atoms with E-state index >= 15 is 0 Å². The first-order chi connectivity index (χ1) is 12.5. The van der Waals surface area contributed by atoms with Crippen molar-refractivity contribution in [3.05, 3.63) is 12.2 Å². The van der Waals surface area contributed by atoms with Crippen molar-refractivity contribution in [2.24, 2.45) is 5.92 Å². The van der Waals surface area contributed by atoms with Gasteiger partial charge in [0.2, 0.25) is 0 Å². The summed E-state index contributed by atoms with van der Waals surface area (Å²) in [5.41, 5.74) is -6.10. The molecule has 1 atom stereocenters. The summed E-state index contributed by atoms with van der Waals surface area (Å²) in [7, 11) is 0. The van der Waals surface area contributed by atoms with Crippen molar-refractivity contribution in [1.29, 1.82) is 0 Å². The molecule has 0 spiro atoms. The van der Waals surface area contributed by atoms with Crippen LogP contribution in [0.15, 0.2) is 12.2 Å². The van der Waals surface area contributed by atoms with E-state index in [9.17, 15) is 45.0 Å². The Kier molecular flexibility index (Phi) is 7.79. The van der Waals surface area contributed by atoms with E-state index < -0.39 is 60.0 Å². The predicted molar refractivity (Wildman–Crippen MR) is 82.8 cm³/mol. The second-order valence-electron chi connectivity index (χ2n) is 6.39. The number of ether oxygens (including phenoxy) is 2. The second kappa shape index (κ2) is 8.74. The Morgan fingerprint density at radius 1 is 1.07 bits per heavy atom. The lowest BCUT2D eigenvalue weighted by Crippen LogP contribution is -2.66. The average molecular weight is 446 g/mol. The molecule has 0 radical (unpaired) electrons. The van der Waals surface area contributed by atoms with E-state index in [2.05, 4.69) is 28.7 Å². The summed E-state index contributed by atoms with van der Waals surface area (Å²) in [5, 5.41) is 6.04. The van der Waals surface area contributed by atoms with Gasteiger partial charge in [-0.3, -0.25) is 0 Å². The highest BCUT2D eigenvalue weighted by Gasteiger charge is 2.76. The van der Waals surface area contributed by atoms with Crippen LogP contribution in [0.3, 0.4) is 0 Å². The van der Waals surface area contributed by atoms with Crippen LogP contribution in [0.5, 0.6) is 0 Å². The lowest BCUT2D eigenvalue weighted by atomic mass is 9.84. The normalized spacial score (nSPS) is 18.2. The molecule has 1 rings (SSSR count). The van der Waals surface area contributed by atoms with Crippen LogP contribution in [0.2, 0.25) is 0 Å². The fourth-order valence-electron chi connectivity index (χ4n) is 2.82. The van der Waals surface area contributed by atoms with Crippen LogP contribution < -0.4 is 0 Å². The molecule has 0 heterocycles. The summed E-state index contributed by atoms with van der Waals surface area (Å²) in [6.45, 7) is 0.817. The molecule has 1 fully saturated rings. The molecule has 1 unspecified atom stereocenters. The molecule has 1 aliphatic carbocycles. The topological polar surface area (TPSA) is 55.8 Å². The van der Waals surface area contributed by atoms with E-state index in [4.69, 9.17) is 0 Å². The lowest BCUT2D eigenvalue weighted by molar-refractivity contribution is -0.395. The Bertz CT molecular complexity index is 550. The number of halogens is 8. The van der Waals surface area contributed by atoms with E-state index in [1.165, 1.54) is 0 Å². The highest BCUT2D eigenvalue weighted by Crippen LogP contribution is 2.50. The van der Waals surface area contributed by atoms with E-state index in [0.717, 1.165) is 0 Å². The summed E-state index contributed by atoms with van der Waals surface area (Å²) in [4.78, 5) is 11.9. The molecule has 0 aromatic rings. The maximum absolute atomic E-state index is 13.2. The molecule has 4 nitrogen and oxygen atoms in total. The van der Waals surface area contributed by atoms with E-state index in [-0.39, 0.29) is 25.7 Å². The van der Waals surface area contributed by atoms with Crippen molar-refractivity contribution in [3.8, 4) is 0 Å². The van der Waals surface area contributed by atoms with Crippen LogP contribution in [0.25, 0.3) is 0 Å². The van der Waals surface area contributed by atoms with Crippen LogP contribution in [0, 0.1) is 5.92 Å². The minimum absolute atomic E-state index is 0.138. The quantitative estimate of drug-likeness (QED) is 0.256. The van der Waals surface area contributed by atoms with Gasteiger partial charge in [0, 0.05) is 0 Å². The number of hydrogen-bond donors (Lipinski definition) is 2. The fraction of sp³-hybridized carbons (Fsp3) is 0.800. The predicted octanol–water partition coefficient (Wildman–Crippen LogP) is 4.04. The van der Waals surface area contributed by atoms with Crippen LogP contribution >= 0.6 is 12.6 Å². The molecule has 164 valence electrons. The zero-order valence-corrected chi connectivity index (χ0v) is 15.1. The third kappa shape index (κ3) is 5.96. The van der Waals surface area contributed by atoms with E-state index in [1.54, 1.807) is 0 Å². The molecule has 1 saturated carbocycles. The Labute approximate surface area is 160 Å². The van der Waals surface area contributed by atoms with Crippen molar-refractivity contribution < 1.29 is 54.5 Å². The molecule has 1 N–H and O–H groups in total. The Hall–Kier alpha value is -1.08. The van der Waals surface area contributed by atoms with Crippen LogP contribution in [-0.4, -0.2) is 53.6 Å². The SMILES string of the molecule is C=C(COCC(F)(F)S)C(=O)OC(C1CCCC1)C(O)(C(F)(F)F)C(F)(F)F. The van der Waals surface area contributed by atoms with Gasteiger partial charge < -0.3 is 14.6 Å². The Morgan fingerprint density at radius 2 is 1.54 bits per heavy atom. The third-order valence-electron chi connectivity index (χ3n) is 4.18. The zero-order valence-electron chi connectivity index (χ0n) is 14.2. The molecule has 1 aliphatic rings. The van der Waals surface area contributed by atoms with Gasteiger partial charge in [-0.1, -0.05) is 19.4 Å². The number of carbonyl (C=O) groups excluding carboxylic acids is 1. The molecule has 0 aromatic heterocycles. The summed E-state index contributed by atoms with van der Waals surface area (Å²) < 4.78 is 113. The first kappa shape index (κ1) is 25.0. The first-order valence-corrected chi connectivity index (χ1v) is 8.38. The molecule has 28 heavy (non-hydrogen) atoms. The number of carbonyl (C=O) groups is 1. The maximum Gasteiger partial charge on any atom is 0.430 e. The summed E-state index contributed by atoms with van der Waals surface area (Å²) in [6, 6.07) is 0. The van der Waals surface area contributed by atoms with Gasteiger partial charge in [-0.25, -0.2) is 4.79 Å². The number of alkyl halides is 8. The minimum atomic E-state index is -6.19. The van der Waals surface area contributed by atoms with Crippen molar-refractivity contribution in [2.45, 2.75) is 55.0 Å². The first-order valence-electron chi connectivity index (χ1n) is 7.93. The van der Waals surface area contributed by atoms with Gasteiger partial charge in [-0.2, -0.15) is 35.1 Å². The van der Waals surface area contributed by atoms with Crippen LogP contribution in [0.1, 0.15) is 25.7 Å². The van der Waals surface area contributed by atoms with Gasteiger partial charge in [0.05, 0.1) is 12.2 Å². The standard InChI is InChI=1S/C15H18F8O4S/c1-8(6-26-7-12(16,17)28)11(24)27-10(9-4-2-3-5-9)13(25,14(18,19)20)15(21,22)23/h9-10,25,28H,1-7H2. The monoisotopic (exact) mass is 446 g/mol. The number of aliphatic hydroxyl groups is 1. The fourth-order valence-corrected chi connectivity index (χ4v) is 2.91. The summed E-state index contributed by atoms with van der Waals surface area (Å²) in [6.07, 6.45) is -15.1. The summed E-state index contributed by atoms with van der Waals surface area (Å²) >= 11 is 2.84. The molecule has 0 bridgehead atoms. The summed E-state index contributed by atoms with van der Waals surface area (Å²) in [5.74, 6) is -3.14. The van der Waals surface area contributed by atoms with Gasteiger partial charge in [-0.15, -0.1) is 12.6 Å². The Morgan fingerprint density at radius 3 is 1.93 bits per heavy atom. The molecule has 0 aliphatic heterocycles. The molecular weight excluding hydrogens is 428 g/mol. The lowest BCUT2D eigenvalue weighted by Gasteiger charge is -2.40. The second-order valence-corrected chi connectivity index (χ2v) is 7.05. The minimum Gasteiger partial charge on any atom is -0.455 e. The van der Waals surface area contributed by atoms with Gasteiger partial charge in [0.15, 0.2) is 6.10 Å². The van der Waals surface area contributed by atoms with Crippen LogP contribution in [-0.2, 0) is 14.3 Å². The number of esters is 1. The zero-order chi connectivity index (χ0) is 22.0. The highest BCUT2D eigenvalue weighted by atomic mass is 32.1. The number of rotatable bonds is 8. The molecule has 0 amide bonds. The van der Waals surface area contributed by atoms with Gasteiger partial charge in [0.25, 0.3) is 5.60 Å². The van der Waals surface area contributed by atoms with Crippen molar-refractivity contribution in [1.82, 2.24) is 0 Å². The van der Waals surface area contributed by atoms with E-state index in [1.807, 2.05) is 0 Å². The largest absolute Gasteiger partial charge is 0.455 e. The number of thiol groups is 1. The van der Waals surface area contributed by atoms with Gasteiger partial charge in [-0.05, 0) is 18.8 Å². The van der Waals surface area contributed by atoms with Crippen LogP contribution in [0.4, 0.5) is 35.1 Å². The maximum atomic E-state index is 13.2. The molecule has 0 aromatic carbocycles. The van der Waals surface area contributed by atoms with Gasteiger partial charge in [0.1, 0.15) is 6.61 Å². The smallest absolute Gasteiger partial charge is 0.430 e. The van der Waals surface area contributed by atoms with Crippen molar-refractivity contribution in [2.75, 3.05) is 13.2 Å². The Balaban J connectivity index is 3.05. The molecule has 0 saturated heterocycles. The van der Waals surface area contributed by atoms with E-state index in [0.29, 0.717) is 0 Å². The average Bonchev–Trinajstić information content (AvgIpc) is 3.01. The molecule has 13 heteroatoms.